The van der Waals surface area contributed by atoms with Crippen LogP contribution in [0.3, 0.4) is 0 Å². The Morgan fingerprint density at radius 1 is 1.20 bits per heavy atom. The van der Waals surface area contributed by atoms with Crippen molar-refractivity contribution in [3.8, 4) is 0 Å². The zero-order chi connectivity index (χ0) is 14.5. The van der Waals surface area contributed by atoms with Gasteiger partial charge in [0.1, 0.15) is 0 Å². The molecule has 106 valence electrons. The maximum atomic E-state index is 12.5. The zero-order valence-corrected chi connectivity index (χ0v) is 12.3. The molecular weight excluding hydrogens is 250 g/mol. The number of imide groups is 1. The van der Waals surface area contributed by atoms with Crippen LogP contribution in [0.4, 0.5) is 0 Å². The predicted octanol–water partition coefficient (Wildman–Crippen LogP) is 2.93. The highest BCUT2D eigenvalue weighted by Crippen LogP contribution is 2.65. The molecule has 0 aromatic heterocycles. The summed E-state index contributed by atoms with van der Waals surface area (Å²) >= 11 is 0. The first-order chi connectivity index (χ1) is 9.36. The summed E-state index contributed by atoms with van der Waals surface area (Å²) in [5.74, 6) is -0.496. The molecule has 3 heteroatoms. The van der Waals surface area contributed by atoms with E-state index in [2.05, 4.69) is 25.2 Å². The van der Waals surface area contributed by atoms with E-state index in [0.29, 0.717) is 6.42 Å². The third-order valence-electron chi connectivity index (χ3n) is 5.44. The Kier molecular flexibility index (Phi) is 2.79. The Bertz CT molecular complexity index is 588. The van der Waals surface area contributed by atoms with E-state index in [1.54, 1.807) is 0 Å². The third kappa shape index (κ3) is 1.88. The number of hydrogen-bond donors (Lipinski definition) is 1. The number of piperidine rings is 1. The van der Waals surface area contributed by atoms with Crippen LogP contribution in [0.1, 0.15) is 50.2 Å². The van der Waals surface area contributed by atoms with Gasteiger partial charge in [0.15, 0.2) is 0 Å². The Balaban J connectivity index is 2.09. The number of rotatable bonds is 2. The van der Waals surface area contributed by atoms with Gasteiger partial charge in [0.05, 0.1) is 5.92 Å². The number of carbonyl (C=O) groups is 2. The Hall–Kier alpha value is -1.64. The lowest BCUT2D eigenvalue weighted by Gasteiger charge is -2.45. The van der Waals surface area contributed by atoms with Gasteiger partial charge in [0.25, 0.3) is 0 Å². The highest BCUT2D eigenvalue weighted by Gasteiger charge is 2.61. The van der Waals surface area contributed by atoms with Gasteiger partial charge in [-0.2, -0.15) is 0 Å². The van der Waals surface area contributed by atoms with Crippen molar-refractivity contribution in [3.63, 3.8) is 0 Å². The fourth-order valence-electron chi connectivity index (χ4n) is 3.67. The molecule has 2 unspecified atom stereocenters. The number of benzene rings is 1. The molecule has 1 aliphatic carbocycles. The van der Waals surface area contributed by atoms with Crippen molar-refractivity contribution in [1.82, 2.24) is 5.32 Å². The molecule has 1 N–H and O–H groups in total. The lowest BCUT2D eigenvalue weighted by atomic mass is 9.60. The second kappa shape index (κ2) is 4.18. The van der Waals surface area contributed by atoms with Gasteiger partial charge in [-0.25, -0.2) is 0 Å². The van der Waals surface area contributed by atoms with Gasteiger partial charge < -0.3 is 0 Å². The van der Waals surface area contributed by atoms with E-state index in [1.165, 1.54) is 0 Å². The summed E-state index contributed by atoms with van der Waals surface area (Å²) in [6, 6.07) is 8.11. The summed E-state index contributed by atoms with van der Waals surface area (Å²) in [5, 5.41) is 2.52. The van der Waals surface area contributed by atoms with Crippen molar-refractivity contribution in [2.45, 2.75) is 46.0 Å². The molecule has 2 fully saturated rings. The van der Waals surface area contributed by atoms with E-state index < -0.39 is 0 Å². The lowest BCUT2D eigenvalue weighted by molar-refractivity contribution is -0.142. The molecular formula is C17H21NO2. The van der Waals surface area contributed by atoms with Crippen molar-refractivity contribution < 1.29 is 9.59 Å². The molecule has 2 aliphatic rings. The molecule has 20 heavy (non-hydrogen) atoms. The summed E-state index contributed by atoms with van der Waals surface area (Å²) < 4.78 is 0. The molecule has 2 atom stereocenters. The molecule has 1 aromatic rings. The second-order valence-electron chi connectivity index (χ2n) is 6.91. The minimum atomic E-state index is -0.278. The summed E-state index contributed by atoms with van der Waals surface area (Å²) in [6.07, 6.45) is 2.65. The van der Waals surface area contributed by atoms with Crippen LogP contribution in [0, 0.1) is 17.8 Å². The third-order valence-corrected chi connectivity index (χ3v) is 5.44. The molecule has 1 heterocycles. The first-order valence-electron chi connectivity index (χ1n) is 7.26. The molecule has 0 bridgehead atoms. The van der Waals surface area contributed by atoms with E-state index >= 15 is 0 Å². The fourth-order valence-corrected chi connectivity index (χ4v) is 3.67. The molecule has 3 rings (SSSR count). The van der Waals surface area contributed by atoms with E-state index in [0.717, 1.165) is 24.0 Å². The quantitative estimate of drug-likeness (QED) is 0.841. The predicted molar refractivity (Wildman–Crippen MR) is 77.1 cm³/mol. The fraction of sp³-hybridized carbons (Fsp3) is 0.529. The van der Waals surface area contributed by atoms with E-state index in [-0.39, 0.29) is 28.6 Å². The van der Waals surface area contributed by atoms with Crippen LogP contribution in [0.15, 0.2) is 24.3 Å². The maximum Gasteiger partial charge on any atom is 0.234 e. The standard InChI is InChI=1S/C17H21NO2/c1-11-5-4-6-12(9-11)14-15(20)18-13(19)10-17(14,3)16(2)7-8-16/h4-6,9,14H,7-8,10H2,1-3H3,(H,18,19,20). The number of amides is 2. The smallest absolute Gasteiger partial charge is 0.234 e. The van der Waals surface area contributed by atoms with Gasteiger partial charge in [-0.3, -0.25) is 14.9 Å². The van der Waals surface area contributed by atoms with E-state index in [1.807, 2.05) is 25.1 Å². The summed E-state index contributed by atoms with van der Waals surface area (Å²) in [7, 11) is 0. The van der Waals surface area contributed by atoms with Gasteiger partial charge in [-0.1, -0.05) is 43.7 Å². The van der Waals surface area contributed by atoms with Crippen LogP contribution < -0.4 is 5.32 Å². The second-order valence-corrected chi connectivity index (χ2v) is 6.91. The Morgan fingerprint density at radius 3 is 2.50 bits per heavy atom. The van der Waals surface area contributed by atoms with Crippen molar-refractivity contribution in [2.24, 2.45) is 10.8 Å². The van der Waals surface area contributed by atoms with Crippen molar-refractivity contribution in [1.29, 1.82) is 0 Å². The van der Waals surface area contributed by atoms with Gasteiger partial charge in [0.2, 0.25) is 11.8 Å². The van der Waals surface area contributed by atoms with Crippen LogP contribution in [0.2, 0.25) is 0 Å². The minimum absolute atomic E-state index is 0.106. The van der Waals surface area contributed by atoms with E-state index in [4.69, 9.17) is 0 Å². The topological polar surface area (TPSA) is 46.2 Å². The Labute approximate surface area is 119 Å². The molecule has 2 amide bonds. The number of aryl methyl sites for hydroxylation is 1. The molecule has 0 spiro atoms. The lowest BCUT2D eigenvalue weighted by Crippen LogP contribution is -2.52. The van der Waals surface area contributed by atoms with Crippen LogP contribution in [-0.4, -0.2) is 11.8 Å². The number of nitrogens with one attached hydrogen (secondary N) is 1. The van der Waals surface area contributed by atoms with Crippen molar-refractivity contribution >= 4 is 11.8 Å². The van der Waals surface area contributed by atoms with Crippen molar-refractivity contribution in [2.75, 3.05) is 0 Å². The maximum absolute atomic E-state index is 12.5. The van der Waals surface area contributed by atoms with Crippen LogP contribution in [0.5, 0.6) is 0 Å². The first-order valence-corrected chi connectivity index (χ1v) is 7.26. The molecule has 3 nitrogen and oxygen atoms in total. The molecule has 1 aliphatic heterocycles. The van der Waals surface area contributed by atoms with Gasteiger partial charge in [-0.15, -0.1) is 0 Å². The van der Waals surface area contributed by atoms with Gasteiger partial charge >= 0.3 is 0 Å². The number of carbonyl (C=O) groups excluding carboxylic acids is 2. The molecule has 1 saturated carbocycles. The first kappa shape index (κ1) is 13.3. The van der Waals surface area contributed by atoms with Crippen molar-refractivity contribution in [3.05, 3.63) is 35.4 Å². The average molecular weight is 271 g/mol. The summed E-state index contributed by atoms with van der Waals surface area (Å²) in [5.41, 5.74) is 2.01. The highest BCUT2D eigenvalue weighted by atomic mass is 16.2. The van der Waals surface area contributed by atoms with Crippen LogP contribution >= 0.6 is 0 Å². The van der Waals surface area contributed by atoms with Gasteiger partial charge in [0, 0.05) is 6.42 Å². The molecule has 1 aromatic carbocycles. The Morgan fingerprint density at radius 2 is 1.90 bits per heavy atom. The largest absolute Gasteiger partial charge is 0.296 e. The normalized spacial score (nSPS) is 31.9. The SMILES string of the molecule is Cc1cccc(C2C(=O)NC(=O)CC2(C)C2(C)CC2)c1. The highest BCUT2D eigenvalue weighted by molar-refractivity contribution is 6.02. The molecule has 1 saturated heterocycles. The van der Waals surface area contributed by atoms with E-state index in [9.17, 15) is 9.59 Å². The zero-order valence-electron chi connectivity index (χ0n) is 12.3. The van der Waals surface area contributed by atoms with Crippen LogP contribution in [-0.2, 0) is 9.59 Å². The summed E-state index contributed by atoms with van der Waals surface area (Å²) in [6.45, 7) is 6.36. The minimum Gasteiger partial charge on any atom is -0.296 e. The van der Waals surface area contributed by atoms with Gasteiger partial charge in [-0.05, 0) is 36.2 Å². The van der Waals surface area contributed by atoms with Crippen LogP contribution in [0.25, 0.3) is 0 Å². The molecule has 0 radical (unpaired) electrons. The summed E-state index contributed by atoms with van der Waals surface area (Å²) in [4.78, 5) is 24.3. The number of hydrogen-bond acceptors (Lipinski definition) is 2. The average Bonchev–Trinajstić information content (AvgIpc) is 3.08. The monoisotopic (exact) mass is 271 g/mol.